The van der Waals surface area contributed by atoms with Gasteiger partial charge in [0.15, 0.2) is 6.29 Å². The van der Waals surface area contributed by atoms with Crippen molar-refractivity contribution in [2.45, 2.75) is 85.6 Å². The van der Waals surface area contributed by atoms with Gasteiger partial charge in [0.1, 0.15) is 71.8 Å². The van der Waals surface area contributed by atoms with Crippen molar-refractivity contribution in [3.05, 3.63) is 122 Å². The Labute approximate surface area is 354 Å². The lowest BCUT2D eigenvalue weighted by molar-refractivity contribution is -0.297. The Hall–Kier alpha value is -5.59. The molecular weight excluding hydrogens is 836 g/mol. The van der Waals surface area contributed by atoms with E-state index in [0.29, 0.717) is 0 Å². The van der Waals surface area contributed by atoms with Crippen LogP contribution in [0, 0.1) is 0 Å². The normalized spacial score (nSPS) is 33.2. The molecule has 0 radical (unpaired) electrons. The quantitative estimate of drug-likeness (QED) is 0.121. The number of ether oxygens (including phenoxy) is 5. The summed E-state index contributed by atoms with van der Waals surface area (Å²) in [5.74, 6) is -8.05. The van der Waals surface area contributed by atoms with E-state index >= 15 is 0 Å². The van der Waals surface area contributed by atoms with Crippen LogP contribution in [0.4, 0.5) is 0 Å². The molecule has 0 saturated carbocycles. The minimum atomic E-state index is -2.20. The van der Waals surface area contributed by atoms with Crippen molar-refractivity contribution in [1.29, 1.82) is 0 Å². The maximum absolute atomic E-state index is 14.9. The molecule has 13 atom stereocenters. The van der Waals surface area contributed by atoms with Crippen molar-refractivity contribution in [3.63, 3.8) is 0 Å². The van der Waals surface area contributed by atoms with E-state index in [0.717, 1.165) is 18.2 Å². The number of aliphatic hydroxyl groups is 9. The van der Waals surface area contributed by atoms with E-state index in [1.54, 1.807) is 0 Å². The van der Waals surface area contributed by atoms with E-state index in [-0.39, 0.29) is 50.5 Å². The summed E-state index contributed by atoms with van der Waals surface area (Å²) >= 11 is 0. The fourth-order valence-corrected chi connectivity index (χ4v) is 9.32. The highest BCUT2D eigenvalue weighted by Crippen LogP contribution is 2.57. The molecule has 2 saturated heterocycles. The van der Waals surface area contributed by atoms with E-state index < -0.39 is 145 Å². The van der Waals surface area contributed by atoms with Crippen LogP contribution in [0.3, 0.4) is 0 Å². The second-order valence-electron chi connectivity index (χ2n) is 15.9. The highest BCUT2D eigenvalue weighted by molar-refractivity contribution is 6.18. The van der Waals surface area contributed by atoms with Gasteiger partial charge in [-0.3, -0.25) is 9.59 Å². The Morgan fingerprint density at radius 1 is 0.730 bits per heavy atom. The molecule has 20 nitrogen and oxygen atoms in total. The standard InChI is InChI=1S/C43H40O20/c44-11-24-32(48)36(52)38(54)42(62-24)60-22-3-1-2-16-26(18-6-13(40(55)56)8-20(46)28(18)34(50)30(16)22)27-17-5-4-15-10-23(61-43-39(59-15)37(53)33(49)25(12-45)63-43)31(17)35(51)29-19(27)7-14(41(57)58)9-21(29)47/h1-10,15,24-27,32-33,36-40,42-49,52-56H,11-12H2,(H,57,58). The number of carboxylic acid groups (broad SMARTS) is 1. The van der Waals surface area contributed by atoms with Crippen LogP contribution >= 0.6 is 0 Å². The Morgan fingerprint density at radius 2 is 1.40 bits per heavy atom. The average Bonchev–Trinajstić information content (AvgIpc) is 3.55. The summed E-state index contributed by atoms with van der Waals surface area (Å²) in [4.78, 5) is 42.2. The number of carbonyl (C=O) groups is 3. The summed E-state index contributed by atoms with van der Waals surface area (Å²) in [5.41, 5.74) is -2.15. The van der Waals surface area contributed by atoms with Crippen molar-refractivity contribution >= 4 is 17.5 Å². The largest absolute Gasteiger partial charge is 0.507 e. The summed E-state index contributed by atoms with van der Waals surface area (Å²) < 4.78 is 29.8. The lowest BCUT2D eigenvalue weighted by Crippen LogP contribution is -2.60. The number of phenols is 2. The lowest BCUT2D eigenvalue weighted by atomic mass is 9.63. The first-order valence-electron chi connectivity index (χ1n) is 19.7. The molecule has 9 rings (SSSR count). The number of Topliss-reactive ketones (excluding diaryl/α,β-unsaturated/α-hetero) is 1. The average molecular weight is 877 g/mol. The number of phenolic OH excluding ortho intramolecular Hbond substituents is 2. The van der Waals surface area contributed by atoms with Gasteiger partial charge in [0.05, 0.1) is 47.1 Å². The number of hydrogen-bond acceptors (Lipinski definition) is 19. The maximum Gasteiger partial charge on any atom is 0.335 e. The number of carbonyl (C=O) groups excluding carboxylic acids is 2. The van der Waals surface area contributed by atoms with Crippen LogP contribution < -0.4 is 4.74 Å². The van der Waals surface area contributed by atoms with Crippen molar-refractivity contribution < 1.29 is 99.3 Å². The van der Waals surface area contributed by atoms with Gasteiger partial charge in [-0.05, 0) is 58.7 Å². The molecular formula is C43H40O20. The summed E-state index contributed by atoms with van der Waals surface area (Å²) in [7, 11) is 0. The lowest BCUT2D eigenvalue weighted by Gasteiger charge is -2.42. The van der Waals surface area contributed by atoms with Crippen LogP contribution in [0.2, 0.25) is 0 Å². The molecule has 3 aromatic rings. The summed E-state index contributed by atoms with van der Waals surface area (Å²) in [6.45, 7) is -1.55. The molecule has 13 unspecified atom stereocenters. The van der Waals surface area contributed by atoms with Crippen LogP contribution in [0.15, 0.2) is 77.6 Å². The van der Waals surface area contributed by atoms with Crippen molar-refractivity contribution in [1.82, 2.24) is 0 Å². The fraction of sp³-hybridized carbons (Fsp3) is 0.372. The van der Waals surface area contributed by atoms with Gasteiger partial charge in [0.2, 0.25) is 24.1 Å². The number of benzene rings is 3. The molecule has 0 amide bonds. The van der Waals surface area contributed by atoms with Gasteiger partial charge in [0, 0.05) is 17.4 Å². The number of aromatic carboxylic acids is 1. The number of fused-ring (bicyclic) bond motifs is 6. The van der Waals surface area contributed by atoms with Crippen LogP contribution in [0.25, 0.3) is 0 Å². The summed E-state index contributed by atoms with van der Waals surface area (Å²) in [5, 5.41) is 127. The van der Waals surface area contributed by atoms with Crippen molar-refractivity contribution in [3.8, 4) is 17.2 Å². The van der Waals surface area contributed by atoms with E-state index in [1.807, 2.05) is 0 Å². The molecule has 0 spiro atoms. The highest BCUT2D eigenvalue weighted by Gasteiger charge is 2.52. The first-order chi connectivity index (χ1) is 30.0. The van der Waals surface area contributed by atoms with Crippen molar-refractivity contribution in [2.24, 2.45) is 0 Å². The third-order valence-electron chi connectivity index (χ3n) is 12.3. The number of hydrogen-bond donors (Lipinski definition) is 12. The highest BCUT2D eigenvalue weighted by atomic mass is 16.7. The number of aliphatic hydroxyl groups excluding tert-OH is 8. The predicted molar refractivity (Wildman–Crippen MR) is 205 cm³/mol. The molecule has 3 aliphatic heterocycles. The van der Waals surface area contributed by atoms with Gasteiger partial charge < -0.3 is 85.0 Å². The number of aromatic hydroxyl groups is 2. The minimum Gasteiger partial charge on any atom is -0.507 e. The zero-order valence-corrected chi connectivity index (χ0v) is 32.4. The number of allylic oxidation sites excluding steroid dienone is 3. The van der Waals surface area contributed by atoms with Crippen molar-refractivity contribution in [2.75, 3.05) is 13.2 Å². The molecule has 2 fully saturated rings. The third kappa shape index (κ3) is 6.74. The molecule has 12 N–H and O–H groups in total. The Balaban J connectivity index is 1.29. The number of ketones is 2. The van der Waals surface area contributed by atoms with E-state index in [2.05, 4.69) is 0 Å². The predicted octanol–water partition coefficient (Wildman–Crippen LogP) is -1.41. The zero-order chi connectivity index (χ0) is 44.9. The SMILES string of the molecule is O=C(O)c1cc(O)c2c(c1)C(C1c3cc(C(O)O)cc(O)c3C(=O)c3c(OC4OC(CO)C(O)C(O)C4O)cccc31)C1=C(C2=O)C2=CC(C=C1)OC1C(O2)OC(CO)C(O)C1O. The molecule has 3 heterocycles. The first kappa shape index (κ1) is 42.7. The van der Waals surface area contributed by atoms with E-state index in [1.165, 1.54) is 42.5 Å². The van der Waals surface area contributed by atoms with Gasteiger partial charge in [-0.2, -0.15) is 0 Å². The van der Waals surface area contributed by atoms with Gasteiger partial charge in [-0.1, -0.05) is 24.3 Å². The fourth-order valence-electron chi connectivity index (χ4n) is 9.32. The minimum absolute atomic E-state index is 0.0542. The Bertz CT molecular complexity index is 2510. The van der Waals surface area contributed by atoms with Gasteiger partial charge in [0.25, 0.3) is 0 Å². The summed E-state index contributed by atoms with van der Waals surface area (Å²) in [6, 6.07) is 8.33. The van der Waals surface area contributed by atoms with Crippen LogP contribution in [-0.4, -0.2) is 160 Å². The molecule has 3 aliphatic carbocycles. The topological polar surface area (TPSA) is 340 Å². The Morgan fingerprint density at radius 3 is 2.10 bits per heavy atom. The van der Waals surface area contributed by atoms with Crippen LogP contribution in [0.5, 0.6) is 17.2 Å². The second kappa shape index (κ2) is 15.9. The van der Waals surface area contributed by atoms with Gasteiger partial charge in [-0.25, -0.2) is 4.79 Å². The Kier molecular flexibility index (Phi) is 10.8. The molecule has 63 heavy (non-hydrogen) atoms. The first-order valence-corrected chi connectivity index (χ1v) is 19.7. The monoisotopic (exact) mass is 876 g/mol. The third-order valence-corrected chi connectivity index (χ3v) is 12.3. The van der Waals surface area contributed by atoms with E-state index in [4.69, 9.17) is 23.7 Å². The van der Waals surface area contributed by atoms with Gasteiger partial charge in [-0.15, -0.1) is 0 Å². The maximum atomic E-state index is 14.9. The number of rotatable bonds is 7. The molecule has 6 aliphatic rings. The van der Waals surface area contributed by atoms with E-state index in [9.17, 15) is 75.7 Å². The molecule has 3 aromatic carbocycles. The molecule has 332 valence electrons. The van der Waals surface area contributed by atoms with Crippen LogP contribution in [0.1, 0.15) is 77.0 Å². The summed E-state index contributed by atoms with van der Waals surface area (Å²) in [6.07, 6.45) is -15.3. The second-order valence-corrected chi connectivity index (χ2v) is 15.9. The smallest absolute Gasteiger partial charge is 0.335 e. The number of carboxylic acids is 1. The van der Waals surface area contributed by atoms with Crippen LogP contribution in [-0.2, 0) is 18.9 Å². The van der Waals surface area contributed by atoms with Gasteiger partial charge >= 0.3 is 5.97 Å². The molecule has 20 heteroatoms. The molecule has 2 bridgehead atoms. The molecule has 0 aromatic heterocycles. The zero-order valence-electron chi connectivity index (χ0n) is 32.4.